The predicted molar refractivity (Wildman–Crippen MR) is 97.6 cm³/mol. The van der Waals surface area contributed by atoms with Gasteiger partial charge in [0.25, 0.3) is 0 Å². The molecule has 0 atom stereocenters. The van der Waals surface area contributed by atoms with Crippen LogP contribution in [-0.4, -0.2) is 28.1 Å². The molecule has 3 rings (SSSR count). The molecule has 142 valence electrons. The van der Waals surface area contributed by atoms with E-state index in [0.717, 1.165) is 0 Å². The second-order valence-electron chi connectivity index (χ2n) is 5.00. The molecule has 0 amide bonds. The van der Waals surface area contributed by atoms with Gasteiger partial charge in [-0.1, -0.05) is 66.7 Å². The predicted octanol–water partition coefficient (Wildman–Crippen LogP) is 2.82. The molecular formula is C21H17O6U-. The van der Waals surface area contributed by atoms with Crippen molar-refractivity contribution in [3.05, 3.63) is 108 Å². The van der Waals surface area contributed by atoms with Gasteiger partial charge in [0.2, 0.25) is 0 Å². The molecule has 0 saturated heterocycles. The Morgan fingerprint density at radius 3 is 0.929 bits per heavy atom. The Hall–Kier alpha value is -2.88. The number of carboxylic acids is 3. The minimum atomic E-state index is -1.13. The van der Waals surface area contributed by atoms with Crippen LogP contribution in [0.25, 0.3) is 0 Å². The van der Waals surface area contributed by atoms with Gasteiger partial charge in [-0.15, -0.1) is 0 Å². The van der Waals surface area contributed by atoms with Crippen molar-refractivity contribution in [2.24, 2.45) is 0 Å². The van der Waals surface area contributed by atoms with Crippen molar-refractivity contribution in [1.82, 2.24) is 0 Å². The van der Waals surface area contributed by atoms with E-state index in [2.05, 4.69) is 0 Å². The molecule has 0 aliphatic carbocycles. The Morgan fingerprint density at radius 2 is 0.786 bits per heavy atom. The summed E-state index contributed by atoms with van der Waals surface area (Å²) in [5.41, 5.74) is 0.882. The fraction of sp³-hybridized carbons (Fsp3) is 0. The maximum absolute atomic E-state index is 10.2. The summed E-state index contributed by atoms with van der Waals surface area (Å²) in [5.74, 6) is -2.89. The van der Waals surface area contributed by atoms with E-state index in [1.54, 1.807) is 78.9 Å². The van der Waals surface area contributed by atoms with E-state index in [1.165, 1.54) is 12.1 Å². The standard InChI is InChI=1S/3C7H6O2.U/c3*8-7(9)6-4-2-1-3-5-6;/h3*1-5H,(H,8,9);/p-1. The summed E-state index contributed by atoms with van der Waals surface area (Å²) in [6.07, 6.45) is 0. The zero-order valence-electron chi connectivity index (χ0n) is 14.7. The van der Waals surface area contributed by atoms with Crippen molar-refractivity contribution in [3.8, 4) is 0 Å². The third-order valence-corrected chi connectivity index (χ3v) is 3.05. The van der Waals surface area contributed by atoms with Crippen molar-refractivity contribution in [2.75, 3.05) is 0 Å². The molecule has 0 saturated carbocycles. The second-order valence-corrected chi connectivity index (χ2v) is 5.00. The number of hydrogen-bond acceptors (Lipinski definition) is 4. The van der Waals surface area contributed by atoms with Crippen LogP contribution in [0.1, 0.15) is 31.1 Å². The van der Waals surface area contributed by atoms with Crippen LogP contribution < -0.4 is 5.11 Å². The Bertz CT molecular complexity index is 734. The van der Waals surface area contributed by atoms with Gasteiger partial charge in [0.05, 0.1) is 17.1 Å². The van der Waals surface area contributed by atoms with Gasteiger partial charge in [0.1, 0.15) is 0 Å². The second kappa shape index (κ2) is 14.2. The van der Waals surface area contributed by atoms with Crippen LogP contribution in [-0.2, 0) is 0 Å². The van der Waals surface area contributed by atoms with Crippen molar-refractivity contribution in [3.63, 3.8) is 0 Å². The van der Waals surface area contributed by atoms with E-state index >= 15 is 0 Å². The number of carbonyl (C=O) groups excluding carboxylic acids is 1. The molecule has 3 aromatic rings. The van der Waals surface area contributed by atoms with Gasteiger partial charge in [-0.2, -0.15) is 0 Å². The average Bonchev–Trinajstić information content (AvgIpc) is 2.71. The van der Waals surface area contributed by atoms with Crippen LogP contribution in [0.3, 0.4) is 0 Å². The summed E-state index contributed by atoms with van der Waals surface area (Å²) >= 11 is 0. The fourth-order valence-electron chi connectivity index (χ4n) is 1.74. The third-order valence-electron chi connectivity index (χ3n) is 3.05. The number of hydrogen-bond donors (Lipinski definition) is 2. The number of carboxylic acid groups (broad SMARTS) is 3. The molecule has 0 fully saturated rings. The number of carbonyl (C=O) groups is 3. The van der Waals surface area contributed by atoms with Crippen LogP contribution in [0.15, 0.2) is 91.0 Å². The van der Waals surface area contributed by atoms with E-state index < -0.39 is 17.9 Å². The monoisotopic (exact) mass is 603 g/mol. The van der Waals surface area contributed by atoms with Crippen molar-refractivity contribution < 1.29 is 60.8 Å². The van der Waals surface area contributed by atoms with Crippen molar-refractivity contribution in [1.29, 1.82) is 0 Å². The Kier molecular flexibility index (Phi) is 12.8. The number of rotatable bonds is 3. The summed E-state index contributed by atoms with van der Waals surface area (Å²) in [4.78, 5) is 30.5. The van der Waals surface area contributed by atoms with Gasteiger partial charge in [-0.3, -0.25) is 0 Å². The summed E-state index contributed by atoms with van der Waals surface area (Å²) < 4.78 is 0. The Balaban J connectivity index is 0.000000384. The molecule has 0 aromatic heterocycles. The van der Waals surface area contributed by atoms with Crippen LogP contribution in [0.4, 0.5) is 0 Å². The van der Waals surface area contributed by atoms with E-state index in [-0.39, 0.29) is 36.7 Å². The first-order valence-electron chi connectivity index (χ1n) is 7.75. The fourth-order valence-corrected chi connectivity index (χ4v) is 1.74. The van der Waals surface area contributed by atoms with Crippen LogP contribution in [0.5, 0.6) is 0 Å². The topological polar surface area (TPSA) is 115 Å². The molecule has 0 radical (unpaired) electrons. The van der Waals surface area contributed by atoms with E-state index in [0.29, 0.717) is 11.1 Å². The summed E-state index contributed by atoms with van der Waals surface area (Å²) in [7, 11) is 0. The SMILES string of the molecule is O=C(O)c1ccccc1.O=C(O)c1ccccc1.O=C([O-])c1ccccc1.[U]. The zero-order chi connectivity index (χ0) is 20.1. The molecule has 0 unspecified atom stereocenters. The average molecular weight is 603 g/mol. The molecule has 6 nitrogen and oxygen atoms in total. The van der Waals surface area contributed by atoms with Gasteiger partial charge in [-0.25, -0.2) is 9.59 Å². The van der Waals surface area contributed by atoms with Crippen LogP contribution in [0.2, 0.25) is 0 Å². The Labute approximate surface area is 185 Å². The minimum absolute atomic E-state index is 0. The minimum Gasteiger partial charge on any atom is -0.545 e. The van der Waals surface area contributed by atoms with Gasteiger partial charge in [0, 0.05) is 31.1 Å². The Morgan fingerprint density at radius 1 is 0.536 bits per heavy atom. The third kappa shape index (κ3) is 10.3. The summed E-state index contributed by atoms with van der Waals surface area (Å²) in [6.45, 7) is 0. The van der Waals surface area contributed by atoms with Crippen molar-refractivity contribution >= 4 is 17.9 Å². The maximum atomic E-state index is 10.2. The van der Waals surface area contributed by atoms with Crippen LogP contribution >= 0.6 is 0 Å². The smallest absolute Gasteiger partial charge is 0.335 e. The molecule has 2 N–H and O–H groups in total. The van der Waals surface area contributed by atoms with E-state index in [4.69, 9.17) is 10.2 Å². The zero-order valence-corrected chi connectivity index (χ0v) is 18.9. The molecule has 7 heteroatoms. The quantitative estimate of drug-likeness (QED) is 0.476. The van der Waals surface area contributed by atoms with Gasteiger partial charge >= 0.3 is 11.9 Å². The normalized spacial score (nSPS) is 8.57. The van der Waals surface area contributed by atoms with E-state index in [9.17, 15) is 19.5 Å². The van der Waals surface area contributed by atoms with Gasteiger partial charge in [0.15, 0.2) is 0 Å². The molecule has 0 aliphatic heterocycles. The van der Waals surface area contributed by atoms with Crippen LogP contribution in [0, 0.1) is 31.1 Å². The summed E-state index contributed by atoms with van der Waals surface area (Å²) in [6, 6.07) is 24.7. The first-order chi connectivity index (χ1) is 12.9. The molecule has 3 aromatic carbocycles. The first-order valence-corrected chi connectivity index (χ1v) is 7.75. The molecule has 0 spiro atoms. The van der Waals surface area contributed by atoms with E-state index in [1.807, 2.05) is 0 Å². The van der Waals surface area contributed by atoms with Crippen molar-refractivity contribution in [2.45, 2.75) is 0 Å². The summed E-state index contributed by atoms with van der Waals surface area (Å²) in [5, 5.41) is 26.9. The number of aromatic carboxylic acids is 3. The molecular weight excluding hydrogens is 586 g/mol. The molecule has 0 heterocycles. The molecule has 28 heavy (non-hydrogen) atoms. The largest absolute Gasteiger partial charge is 0.545 e. The molecule has 0 aliphatic rings. The first kappa shape index (κ1) is 25.1. The van der Waals surface area contributed by atoms with Gasteiger partial charge in [-0.05, 0) is 29.8 Å². The maximum Gasteiger partial charge on any atom is 0.335 e. The molecule has 0 bridgehead atoms. The van der Waals surface area contributed by atoms with Gasteiger partial charge < -0.3 is 20.1 Å². The number of benzene rings is 3.